The lowest BCUT2D eigenvalue weighted by Gasteiger charge is -2.17. The van der Waals surface area contributed by atoms with Gasteiger partial charge in [0, 0.05) is 12.5 Å². The highest BCUT2D eigenvalue weighted by Gasteiger charge is 2.23. The molecule has 0 aliphatic rings. The van der Waals surface area contributed by atoms with Gasteiger partial charge in [-0.2, -0.15) is 0 Å². The largest absolute Gasteiger partial charge is 0.496 e. The molecule has 1 unspecified atom stereocenters. The second-order valence-electron chi connectivity index (χ2n) is 4.77. The standard InChI is InChI=1S/C14H20FNO2/c1-9(2)6-10(8-16)14(17)12-7-11(15)4-5-13(12)18-3/h4-5,7,9-10H,6,8,16H2,1-3H3. The molecule has 0 aromatic heterocycles. The first-order valence-corrected chi connectivity index (χ1v) is 6.07. The van der Waals surface area contributed by atoms with Gasteiger partial charge in [-0.3, -0.25) is 4.79 Å². The van der Waals surface area contributed by atoms with Crippen LogP contribution in [-0.2, 0) is 0 Å². The number of carbonyl (C=O) groups excluding carboxylic acids is 1. The zero-order chi connectivity index (χ0) is 13.7. The molecule has 1 aromatic rings. The molecule has 0 amide bonds. The fourth-order valence-corrected chi connectivity index (χ4v) is 1.97. The number of methoxy groups -OCH3 is 1. The summed E-state index contributed by atoms with van der Waals surface area (Å²) in [6, 6.07) is 3.95. The van der Waals surface area contributed by atoms with E-state index in [9.17, 15) is 9.18 Å². The Kier molecular flexibility index (Phi) is 5.28. The Morgan fingerprint density at radius 2 is 2.11 bits per heavy atom. The van der Waals surface area contributed by atoms with Crippen LogP contribution in [0.5, 0.6) is 5.75 Å². The molecule has 1 atom stereocenters. The van der Waals surface area contributed by atoms with Crippen LogP contribution in [0.3, 0.4) is 0 Å². The molecule has 1 rings (SSSR count). The summed E-state index contributed by atoms with van der Waals surface area (Å²) in [7, 11) is 1.46. The van der Waals surface area contributed by atoms with Gasteiger partial charge in [0.2, 0.25) is 0 Å². The smallest absolute Gasteiger partial charge is 0.171 e. The first kappa shape index (κ1) is 14.6. The van der Waals surface area contributed by atoms with E-state index in [1.165, 1.54) is 25.3 Å². The topological polar surface area (TPSA) is 52.3 Å². The van der Waals surface area contributed by atoms with Crippen molar-refractivity contribution in [1.29, 1.82) is 0 Å². The van der Waals surface area contributed by atoms with E-state index in [1.807, 2.05) is 13.8 Å². The normalized spacial score (nSPS) is 12.6. The fraction of sp³-hybridized carbons (Fsp3) is 0.500. The summed E-state index contributed by atoms with van der Waals surface area (Å²) in [5.74, 6) is -0.131. The molecule has 100 valence electrons. The number of carbonyl (C=O) groups is 1. The van der Waals surface area contributed by atoms with Crippen LogP contribution in [0.15, 0.2) is 18.2 Å². The summed E-state index contributed by atoms with van der Waals surface area (Å²) in [5, 5.41) is 0. The summed E-state index contributed by atoms with van der Waals surface area (Å²) in [6.07, 6.45) is 0.689. The zero-order valence-corrected chi connectivity index (χ0v) is 11.1. The molecule has 0 fully saturated rings. The van der Waals surface area contributed by atoms with Gasteiger partial charge >= 0.3 is 0 Å². The van der Waals surface area contributed by atoms with Gasteiger partial charge < -0.3 is 10.5 Å². The van der Waals surface area contributed by atoms with Crippen molar-refractivity contribution in [2.45, 2.75) is 20.3 Å². The second kappa shape index (κ2) is 6.50. The number of ether oxygens (including phenoxy) is 1. The van der Waals surface area contributed by atoms with Crippen molar-refractivity contribution < 1.29 is 13.9 Å². The minimum Gasteiger partial charge on any atom is -0.496 e. The average Bonchev–Trinajstić information content (AvgIpc) is 2.34. The Balaban J connectivity index is 3.04. The zero-order valence-electron chi connectivity index (χ0n) is 11.1. The Labute approximate surface area is 107 Å². The van der Waals surface area contributed by atoms with E-state index in [0.717, 1.165) is 0 Å². The molecular weight excluding hydrogens is 233 g/mol. The first-order valence-electron chi connectivity index (χ1n) is 6.07. The summed E-state index contributed by atoms with van der Waals surface area (Å²) in [5.41, 5.74) is 5.91. The van der Waals surface area contributed by atoms with E-state index in [1.54, 1.807) is 0 Å². The molecule has 3 nitrogen and oxygen atoms in total. The van der Waals surface area contributed by atoms with Gasteiger partial charge in [0.05, 0.1) is 12.7 Å². The van der Waals surface area contributed by atoms with Crippen LogP contribution >= 0.6 is 0 Å². The van der Waals surface area contributed by atoms with E-state index >= 15 is 0 Å². The van der Waals surface area contributed by atoms with Gasteiger partial charge in [-0.05, 0) is 30.5 Å². The Morgan fingerprint density at radius 3 is 2.61 bits per heavy atom. The molecule has 0 heterocycles. The SMILES string of the molecule is COc1ccc(F)cc1C(=O)C(CN)CC(C)C. The molecule has 0 radical (unpaired) electrons. The highest BCUT2D eigenvalue weighted by molar-refractivity contribution is 6.00. The fourth-order valence-electron chi connectivity index (χ4n) is 1.97. The lowest BCUT2D eigenvalue weighted by molar-refractivity contribution is 0.0905. The van der Waals surface area contributed by atoms with Crippen molar-refractivity contribution in [3.8, 4) is 5.75 Å². The second-order valence-corrected chi connectivity index (χ2v) is 4.77. The third kappa shape index (κ3) is 3.53. The molecule has 4 heteroatoms. The number of hydrogen-bond acceptors (Lipinski definition) is 3. The van der Waals surface area contributed by atoms with Gasteiger partial charge in [0.25, 0.3) is 0 Å². The van der Waals surface area contributed by atoms with E-state index in [2.05, 4.69) is 0 Å². The summed E-state index contributed by atoms with van der Waals surface area (Å²) in [4.78, 5) is 12.3. The molecule has 2 N–H and O–H groups in total. The van der Waals surface area contributed by atoms with Crippen molar-refractivity contribution in [2.75, 3.05) is 13.7 Å². The number of nitrogens with two attached hydrogens (primary N) is 1. The van der Waals surface area contributed by atoms with Gasteiger partial charge in [-0.25, -0.2) is 4.39 Å². The number of ketones is 1. The van der Waals surface area contributed by atoms with E-state index in [-0.39, 0.29) is 23.8 Å². The summed E-state index contributed by atoms with van der Waals surface area (Å²) in [6.45, 7) is 4.31. The molecule has 0 saturated carbocycles. The van der Waals surface area contributed by atoms with Crippen LogP contribution < -0.4 is 10.5 Å². The molecule has 0 aliphatic carbocycles. The third-order valence-electron chi connectivity index (χ3n) is 2.84. The van der Waals surface area contributed by atoms with Gasteiger partial charge in [-0.1, -0.05) is 13.8 Å². The van der Waals surface area contributed by atoms with Gasteiger partial charge in [0.1, 0.15) is 11.6 Å². The highest BCUT2D eigenvalue weighted by atomic mass is 19.1. The Hall–Kier alpha value is -1.42. The quantitative estimate of drug-likeness (QED) is 0.793. The van der Waals surface area contributed by atoms with Gasteiger partial charge in [-0.15, -0.1) is 0 Å². The van der Waals surface area contributed by atoms with Crippen molar-refractivity contribution in [1.82, 2.24) is 0 Å². The molecular formula is C14H20FNO2. The number of hydrogen-bond donors (Lipinski definition) is 1. The minimum atomic E-state index is -0.445. The lowest BCUT2D eigenvalue weighted by atomic mass is 9.89. The first-order chi connectivity index (χ1) is 8.49. The molecule has 0 aliphatic heterocycles. The Morgan fingerprint density at radius 1 is 1.44 bits per heavy atom. The number of halogens is 1. The average molecular weight is 253 g/mol. The van der Waals surface area contributed by atoms with Crippen LogP contribution in [0, 0.1) is 17.7 Å². The predicted octanol–water partition coefficient (Wildman–Crippen LogP) is 2.64. The summed E-state index contributed by atoms with van der Waals surface area (Å²) < 4.78 is 18.3. The van der Waals surface area contributed by atoms with Crippen molar-refractivity contribution >= 4 is 5.78 Å². The maximum Gasteiger partial charge on any atom is 0.171 e. The maximum atomic E-state index is 13.2. The number of Topliss-reactive ketones (excluding diaryl/α,β-unsaturated/α-hetero) is 1. The monoisotopic (exact) mass is 253 g/mol. The number of benzene rings is 1. The van der Waals surface area contributed by atoms with E-state index in [0.29, 0.717) is 18.1 Å². The van der Waals surface area contributed by atoms with Crippen LogP contribution in [0.2, 0.25) is 0 Å². The molecule has 0 saturated heterocycles. The molecule has 18 heavy (non-hydrogen) atoms. The highest BCUT2D eigenvalue weighted by Crippen LogP contribution is 2.24. The predicted molar refractivity (Wildman–Crippen MR) is 69.3 cm³/mol. The van der Waals surface area contributed by atoms with Gasteiger partial charge in [0.15, 0.2) is 5.78 Å². The Bertz CT molecular complexity index is 418. The van der Waals surface area contributed by atoms with Crippen LogP contribution in [-0.4, -0.2) is 19.4 Å². The molecule has 1 aromatic carbocycles. The third-order valence-corrected chi connectivity index (χ3v) is 2.84. The molecule has 0 bridgehead atoms. The van der Waals surface area contributed by atoms with Crippen LogP contribution in [0.1, 0.15) is 30.6 Å². The van der Waals surface area contributed by atoms with Crippen LogP contribution in [0.25, 0.3) is 0 Å². The van der Waals surface area contributed by atoms with Crippen molar-refractivity contribution in [3.05, 3.63) is 29.6 Å². The summed E-state index contributed by atoms with van der Waals surface area (Å²) >= 11 is 0. The van der Waals surface area contributed by atoms with Crippen molar-refractivity contribution in [3.63, 3.8) is 0 Å². The van der Waals surface area contributed by atoms with Crippen LogP contribution in [0.4, 0.5) is 4.39 Å². The van der Waals surface area contributed by atoms with E-state index < -0.39 is 5.82 Å². The minimum absolute atomic E-state index is 0.150. The molecule has 0 spiro atoms. The van der Waals surface area contributed by atoms with Crippen molar-refractivity contribution in [2.24, 2.45) is 17.6 Å². The number of rotatable bonds is 6. The van der Waals surface area contributed by atoms with E-state index in [4.69, 9.17) is 10.5 Å². The lowest BCUT2D eigenvalue weighted by Crippen LogP contribution is -2.25. The maximum absolute atomic E-state index is 13.2.